The van der Waals surface area contributed by atoms with Crippen LogP contribution in [0.4, 0.5) is 0 Å². The van der Waals surface area contributed by atoms with Crippen LogP contribution in [-0.4, -0.2) is 30.1 Å². The van der Waals surface area contributed by atoms with Gasteiger partial charge in [-0.05, 0) is 25.7 Å². The van der Waals surface area contributed by atoms with Gasteiger partial charge in [-0.25, -0.2) is 8.42 Å². The Balaban J connectivity index is 2.20. The minimum Gasteiger partial charge on any atom is -0.389 e. The summed E-state index contributed by atoms with van der Waals surface area (Å²) in [7, 11) is -3.03. The molecule has 1 atom stereocenters. The topological polar surface area (TPSA) is 54.4 Å². The highest BCUT2D eigenvalue weighted by Crippen LogP contribution is 2.38. The van der Waals surface area contributed by atoms with Gasteiger partial charge in [-0.2, -0.15) is 0 Å². The molecule has 1 saturated heterocycles. The van der Waals surface area contributed by atoms with E-state index in [2.05, 4.69) is 0 Å². The Morgan fingerprint density at radius 3 is 2.27 bits per heavy atom. The zero-order chi connectivity index (χ0) is 10.9. The third-order valence-corrected chi connectivity index (χ3v) is 6.30. The Morgan fingerprint density at radius 2 is 1.67 bits per heavy atom. The van der Waals surface area contributed by atoms with Crippen LogP contribution >= 0.6 is 0 Å². The molecule has 1 heterocycles. The van der Waals surface area contributed by atoms with E-state index in [-0.39, 0.29) is 5.75 Å². The molecule has 0 aromatic rings. The van der Waals surface area contributed by atoms with Crippen LogP contribution in [0.3, 0.4) is 0 Å². The molecule has 15 heavy (non-hydrogen) atoms. The first-order valence-corrected chi connectivity index (χ1v) is 7.70. The molecule has 2 fully saturated rings. The average molecular weight is 232 g/mol. The molecule has 4 heteroatoms. The van der Waals surface area contributed by atoms with Crippen LogP contribution in [0.2, 0.25) is 0 Å². The van der Waals surface area contributed by atoms with Gasteiger partial charge < -0.3 is 5.11 Å². The van der Waals surface area contributed by atoms with Gasteiger partial charge in [0, 0.05) is 0 Å². The summed E-state index contributed by atoms with van der Waals surface area (Å²) in [6.45, 7) is 0. The van der Waals surface area contributed by atoms with Crippen LogP contribution in [-0.2, 0) is 9.84 Å². The average Bonchev–Trinajstić information content (AvgIpc) is 2.17. The Bertz CT molecular complexity index is 315. The Labute approximate surface area is 91.8 Å². The molecule has 1 aliphatic heterocycles. The van der Waals surface area contributed by atoms with E-state index in [1.165, 1.54) is 0 Å². The fraction of sp³-hybridized carbons (Fsp3) is 1.00. The summed E-state index contributed by atoms with van der Waals surface area (Å²) in [4.78, 5) is 0. The van der Waals surface area contributed by atoms with Crippen molar-refractivity contribution in [3.8, 4) is 0 Å². The zero-order valence-corrected chi connectivity index (χ0v) is 9.93. The summed E-state index contributed by atoms with van der Waals surface area (Å²) >= 11 is 0. The fourth-order valence-corrected chi connectivity index (χ4v) is 5.36. The first-order chi connectivity index (χ1) is 7.05. The van der Waals surface area contributed by atoms with Crippen LogP contribution in [0.1, 0.15) is 51.4 Å². The molecule has 0 radical (unpaired) electrons. The molecule has 88 valence electrons. The predicted octanol–water partition coefficient (Wildman–Crippen LogP) is 1.65. The summed E-state index contributed by atoms with van der Waals surface area (Å²) < 4.78 is 23.9. The molecule has 0 amide bonds. The summed E-state index contributed by atoms with van der Waals surface area (Å²) in [5, 5.41) is 9.98. The molecule has 0 spiro atoms. The molecule has 0 aromatic heterocycles. The van der Waals surface area contributed by atoms with Crippen molar-refractivity contribution in [1.29, 1.82) is 0 Å². The molecule has 3 nitrogen and oxygen atoms in total. The van der Waals surface area contributed by atoms with Gasteiger partial charge in [0.25, 0.3) is 0 Å². The molecule has 1 saturated carbocycles. The van der Waals surface area contributed by atoms with Gasteiger partial charge in [-0.3, -0.25) is 0 Å². The summed E-state index contributed by atoms with van der Waals surface area (Å²) in [6.07, 6.45) is 6.83. The third kappa shape index (κ3) is 2.21. The third-order valence-electron chi connectivity index (χ3n) is 3.90. The van der Waals surface area contributed by atoms with Crippen molar-refractivity contribution in [2.45, 2.75) is 62.2 Å². The largest absolute Gasteiger partial charge is 0.389 e. The SMILES string of the molecule is O=S1(=O)CCCCC1C1(O)CCCCC1. The highest BCUT2D eigenvalue weighted by atomic mass is 32.2. The Kier molecular flexibility index (Phi) is 3.08. The van der Waals surface area contributed by atoms with E-state index in [0.29, 0.717) is 19.3 Å². The fourth-order valence-electron chi connectivity index (χ4n) is 3.04. The Morgan fingerprint density at radius 1 is 1.00 bits per heavy atom. The Hall–Kier alpha value is -0.0900. The lowest BCUT2D eigenvalue weighted by Crippen LogP contribution is -2.50. The van der Waals surface area contributed by atoms with Gasteiger partial charge in [0.15, 0.2) is 9.84 Å². The highest BCUT2D eigenvalue weighted by Gasteiger charge is 2.45. The molecular weight excluding hydrogens is 212 g/mol. The number of hydrogen-bond acceptors (Lipinski definition) is 3. The second-order valence-corrected chi connectivity index (χ2v) is 7.32. The molecule has 0 aromatic carbocycles. The number of sulfone groups is 1. The van der Waals surface area contributed by atoms with E-state index in [1.807, 2.05) is 0 Å². The predicted molar refractivity (Wildman–Crippen MR) is 59.5 cm³/mol. The van der Waals surface area contributed by atoms with Gasteiger partial charge in [0.1, 0.15) is 0 Å². The summed E-state index contributed by atoms with van der Waals surface area (Å²) in [5.74, 6) is 0.278. The van der Waals surface area contributed by atoms with Crippen LogP contribution in [0.15, 0.2) is 0 Å². The van der Waals surface area contributed by atoms with Crippen molar-refractivity contribution in [1.82, 2.24) is 0 Å². The maximum absolute atomic E-state index is 11.9. The van der Waals surface area contributed by atoms with Crippen LogP contribution in [0.5, 0.6) is 0 Å². The van der Waals surface area contributed by atoms with Crippen LogP contribution in [0, 0.1) is 0 Å². The quantitative estimate of drug-likeness (QED) is 0.748. The summed E-state index contributed by atoms with van der Waals surface area (Å²) in [5.41, 5.74) is -0.905. The summed E-state index contributed by atoms with van der Waals surface area (Å²) in [6, 6.07) is 0. The molecule has 2 rings (SSSR count). The van der Waals surface area contributed by atoms with E-state index in [9.17, 15) is 13.5 Å². The molecule has 2 aliphatic rings. The normalized spacial score (nSPS) is 34.9. The number of aliphatic hydroxyl groups is 1. The lowest BCUT2D eigenvalue weighted by molar-refractivity contribution is -0.00319. The minimum absolute atomic E-state index is 0.278. The maximum Gasteiger partial charge on any atom is 0.155 e. The monoisotopic (exact) mass is 232 g/mol. The molecule has 1 aliphatic carbocycles. The van der Waals surface area contributed by atoms with Gasteiger partial charge in [-0.15, -0.1) is 0 Å². The number of hydrogen-bond donors (Lipinski definition) is 1. The van der Waals surface area contributed by atoms with Crippen molar-refractivity contribution in [3.63, 3.8) is 0 Å². The van der Waals surface area contributed by atoms with E-state index in [0.717, 1.165) is 32.1 Å². The van der Waals surface area contributed by atoms with E-state index in [1.54, 1.807) is 0 Å². The van der Waals surface area contributed by atoms with Gasteiger partial charge in [0.05, 0.1) is 16.6 Å². The van der Waals surface area contributed by atoms with Crippen molar-refractivity contribution in [3.05, 3.63) is 0 Å². The molecule has 1 unspecified atom stereocenters. The number of rotatable bonds is 1. The first-order valence-electron chi connectivity index (χ1n) is 5.99. The van der Waals surface area contributed by atoms with Crippen molar-refractivity contribution < 1.29 is 13.5 Å². The first kappa shape index (κ1) is 11.4. The van der Waals surface area contributed by atoms with Crippen LogP contribution < -0.4 is 0 Å². The van der Waals surface area contributed by atoms with Gasteiger partial charge >= 0.3 is 0 Å². The van der Waals surface area contributed by atoms with E-state index in [4.69, 9.17) is 0 Å². The minimum atomic E-state index is -3.03. The smallest absolute Gasteiger partial charge is 0.155 e. The lowest BCUT2D eigenvalue weighted by atomic mass is 9.80. The second kappa shape index (κ2) is 4.06. The van der Waals surface area contributed by atoms with Crippen molar-refractivity contribution >= 4 is 9.84 Å². The molecular formula is C11H20O3S. The van der Waals surface area contributed by atoms with E-state index < -0.39 is 20.7 Å². The van der Waals surface area contributed by atoms with Gasteiger partial charge in [-0.1, -0.05) is 25.7 Å². The highest BCUT2D eigenvalue weighted by molar-refractivity contribution is 7.92. The second-order valence-electron chi connectivity index (χ2n) is 5.02. The maximum atomic E-state index is 11.9. The standard InChI is InChI=1S/C11H20O3S/c12-11(7-3-1-4-8-11)10-6-2-5-9-15(10,13)14/h10,12H,1-9H2. The lowest BCUT2D eigenvalue weighted by Gasteiger charge is -2.40. The van der Waals surface area contributed by atoms with E-state index >= 15 is 0 Å². The molecule has 1 N–H and O–H groups in total. The van der Waals surface area contributed by atoms with Crippen molar-refractivity contribution in [2.24, 2.45) is 0 Å². The van der Waals surface area contributed by atoms with Gasteiger partial charge in [0.2, 0.25) is 0 Å². The molecule has 0 bridgehead atoms. The van der Waals surface area contributed by atoms with Crippen molar-refractivity contribution in [2.75, 3.05) is 5.75 Å². The van der Waals surface area contributed by atoms with Crippen LogP contribution in [0.25, 0.3) is 0 Å². The zero-order valence-electron chi connectivity index (χ0n) is 9.11.